The number of anilines is 1. The van der Waals surface area contributed by atoms with E-state index in [1.807, 2.05) is 12.3 Å². The molecule has 8 heteroatoms. The molecule has 26 heavy (non-hydrogen) atoms. The number of carbonyl (C=O) groups excluding carboxylic acids is 1. The zero-order valence-corrected chi connectivity index (χ0v) is 16.3. The van der Waals surface area contributed by atoms with E-state index >= 15 is 0 Å². The lowest BCUT2D eigenvalue weighted by molar-refractivity contribution is -0.114. The van der Waals surface area contributed by atoms with Crippen molar-refractivity contribution in [1.82, 2.24) is 19.8 Å². The first-order valence-corrected chi connectivity index (χ1v) is 9.49. The number of nitrogens with zero attached hydrogens (tertiary/aromatic N) is 4. The van der Waals surface area contributed by atoms with Crippen LogP contribution in [0.25, 0.3) is 0 Å². The highest BCUT2D eigenvalue weighted by Crippen LogP contribution is 2.22. The summed E-state index contributed by atoms with van der Waals surface area (Å²) < 4.78 is 5.23. The number of hydrogen-bond acceptors (Lipinski definition) is 7. The number of carbonyl (C=O) groups is 1. The lowest BCUT2D eigenvalue weighted by atomic mass is 10.0. The summed E-state index contributed by atoms with van der Waals surface area (Å²) in [5.74, 6) is 0.575. The van der Waals surface area contributed by atoms with E-state index in [1.165, 1.54) is 17.4 Å². The molecule has 140 valence electrons. The van der Waals surface area contributed by atoms with Gasteiger partial charge in [0.05, 0.1) is 7.11 Å². The number of nitrogens with one attached hydrogen (secondary N) is 1. The van der Waals surface area contributed by atoms with E-state index in [0.29, 0.717) is 17.1 Å². The summed E-state index contributed by atoms with van der Waals surface area (Å²) in [6, 6.07) is 4.51. The quantitative estimate of drug-likeness (QED) is 0.831. The van der Waals surface area contributed by atoms with Crippen molar-refractivity contribution in [2.75, 3.05) is 39.1 Å². The van der Waals surface area contributed by atoms with Crippen molar-refractivity contribution in [2.24, 2.45) is 0 Å². The molecule has 0 saturated carbocycles. The Hall–Kier alpha value is -2.03. The first-order valence-electron chi connectivity index (χ1n) is 8.67. The molecule has 1 aliphatic heterocycles. The summed E-state index contributed by atoms with van der Waals surface area (Å²) in [6.45, 7) is 5.42. The minimum atomic E-state index is -0.0849. The second-order valence-corrected chi connectivity index (χ2v) is 7.71. The summed E-state index contributed by atoms with van der Waals surface area (Å²) in [6.07, 6.45) is 4.62. The maximum Gasteiger partial charge on any atom is 0.223 e. The Balaban J connectivity index is 1.60. The van der Waals surface area contributed by atoms with E-state index in [4.69, 9.17) is 4.74 Å². The third-order valence-corrected chi connectivity index (χ3v) is 5.45. The number of thiazole rings is 1. The second kappa shape index (κ2) is 8.57. The number of amides is 1. The molecule has 1 amide bonds. The molecule has 0 bridgehead atoms. The fourth-order valence-electron chi connectivity index (χ4n) is 3.14. The molecule has 2 aromatic rings. The zero-order valence-electron chi connectivity index (χ0n) is 15.4. The van der Waals surface area contributed by atoms with E-state index < -0.39 is 0 Å². The number of ether oxygens (including phenoxy) is 1. The molecule has 3 heterocycles. The fourth-order valence-corrected chi connectivity index (χ4v) is 4.05. The van der Waals surface area contributed by atoms with Crippen LogP contribution in [0.3, 0.4) is 0 Å². The number of rotatable bonds is 6. The van der Waals surface area contributed by atoms with E-state index in [1.54, 1.807) is 24.6 Å². The highest BCUT2D eigenvalue weighted by atomic mass is 32.1. The first kappa shape index (κ1) is 18.8. The molecule has 7 nitrogen and oxygen atoms in total. The van der Waals surface area contributed by atoms with Crippen molar-refractivity contribution in [1.29, 1.82) is 0 Å². The molecule has 1 atom stereocenters. The van der Waals surface area contributed by atoms with Crippen LogP contribution in [0.1, 0.15) is 17.4 Å². The molecule has 2 aromatic heterocycles. The van der Waals surface area contributed by atoms with E-state index in [2.05, 4.69) is 38.2 Å². The van der Waals surface area contributed by atoms with Gasteiger partial charge in [-0.2, -0.15) is 0 Å². The Morgan fingerprint density at radius 3 is 3.04 bits per heavy atom. The molecule has 0 aliphatic carbocycles. The minimum absolute atomic E-state index is 0.0849. The average Bonchev–Trinajstić information content (AvgIpc) is 3.04. The average molecular weight is 375 g/mol. The smallest absolute Gasteiger partial charge is 0.223 e. The van der Waals surface area contributed by atoms with Gasteiger partial charge in [-0.15, -0.1) is 11.3 Å². The van der Waals surface area contributed by atoms with Gasteiger partial charge in [0.1, 0.15) is 0 Å². The van der Waals surface area contributed by atoms with Crippen LogP contribution in [-0.2, 0) is 17.8 Å². The minimum Gasteiger partial charge on any atom is -0.481 e. The Morgan fingerprint density at radius 1 is 1.42 bits per heavy atom. The number of hydrogen-bond donors (Lipinski definition) is 1. The Morgan fingerprint density at radius 2 is 2.27 bits per heavy atom. The lowest BCUT2D eigenvalue weighted by Crippen LogP contribution is -2.51. The molecule has 1 N–H and O–H groups in total. The lowest BCUT2D eigenvalue weighted by Gasteiger charge is -2.39. The maximum absolute atomic E-state index is 11.1. The molecular formula is C18H25N5O2S. The van der Waals surface area contributed by atoms with Gasteiger partial charge >= 0.3 is 0 Å². The summed E-state index contributed by atoms with van der Waals surface area (Å²) in [4.78, 5) is 25.6. The van der Waals surface area contributed by atoms with Gasteiger partial charge < -0.3 is 15.0 Å². The summed E-state index contributed by atoms with van der Waals surface area (Å²) in [7, 11) is 3.83. The van der Waals surface area contributed by atoms with E-state index in [9.17, 15) is 4.79 Å². The zero-order chi connectivity index (χ0) is 18.5. The first-order chi connectivity index (χ1) is 12.5. The molecule has 1 aliphatic rings. The number of pyridine rings is 1. The topological polar surface area (TPSA) is 70.6 Å². The van der Waals surface area contributed by atoms with E-state index in [-0.39, 0.29) is 5.91 Å². The SMILES string of the molecule is COc1cc(C[C@@H]2CN(Cc3cnc(NC(C)=O)s3)CCN2C)ccn1. The normalized spacial score (nSPS) is 18.7. The Kier molecular flexibility index (Phi) is 6.18. The highest BCUT2D eigenvalue weighted by molar-refractivity contribution is 7.15. The Labute approximate surface area is 158 Å². The van der Waals surface area contributed by atoms with Gasteiger partial charge in [0.25, 0.3) is 0 Å². The van der Waals surface area contributed by atoms with Crippen LogP contribution in [0.2, 0.25) is 0 Å². The van der Waals surface area contributed by atoms with Crippen molar-refractivity contribution in [3.8, 4) is 5.88 Å². The van der Waals surface area contributed by atoms with Gasteiger partial charge in [-0.3, -0.25) is 9.69 Å². The van der Waals surface area contributed by atoms with Gasteiger partial charge in [0.2, 0.25) is 11.8 Å². The second-order valence-electron chi connectivity index (χ2n) is 6.59. The van der Waals surface area contributed by atoms with Gasteiger partial charge in [0, 0.05) is 62.5 Å². The van der Waals surface area contributed by atoms with Gasteiger partial charge in [-0.05, 0) is 25.1 Å². The largest absolute Gasteiger partial charge is 0.481 e. The summed E-state index contributed by atoms with van der Waals surface area (Å²) in [5, 5.41) is 3.41. The molecular weight excluding hydrogens is 350 g/mol. The van der Waals surface area contributed by atoms with Crippen LogP contribution >= 0.6 is 11.3 Å². The highest BCUT2D eigenvalue weighted by Gasteiger charge is 2.25. The molecule has 0 radical (unpaired) electrons. The predicted octanol–water partition coefficient (Wildman–Crippen LogP) is 1.86. The summed E-state index contributed by atoms with van der Waals surface area (Å²) >= 11 is 1.54. The van der Waals surface area contributed by atoms with Crippen molar-refractivity contribution >= 4 is 22.4 Å². The molecule has 1 saturated heterocycles. The number of aromatic nitrogens is 2. The number of methoxy groups -OCH3 is 1. The van der Waals surface area contributed by atoms with E-state index in [0.717, 1.165) is 32.6 Å². The predicted molar refractivity (Wildman–Crippen MR) is 103 cm³/mol. The molecule has 1 fully saturated rings. The van der Waals surface area contributed by atoms with Crippen LogP contribution in [0.4, 0.5) is 5.13 Å². The van der Waals surface area contributed by atoms with Gasteiger partial charge in [-0.1, -0.05) is 0 Å². The van der Waals surface area contributed by atoms with Crippen LogP contribution in [0.5, 0.6) is 5.88 Å². The monoisotopic (exact) mass is 375 g/mol. The van der Waals surface area contributed by atoms with Crippen LogP contribution in [0, 0.1) is 0 Å². The van der Waals surface area contributed by atoms with Crippen molar-refractivity contribution in [3.63, 3.8) is 0 Å². The maximum atomic E-state index is 11.1. The number of piperazine rings is 1. The van der Waals surface area contributed by atoms with Gasteiger partial charge in [0.15, 0.2) is 5.13 Å². The van der Waals surface area contributed by atoms with Crippen LogP contribution < -0.4 is 10.1 Å². The Bertz CT molecular complexity index is 751. The fraction of sp³-hybridized carbons (Fsp3) is 0.500. The van der Waals surface area contributed by atoms with Crippen molar-refractivity contribution in [2.45, 2.75) is 25.9 Å². The standard InChI is InChI=1S/C18H25N5O2S/c1-13(24)21-18-20-10-16(26-18)12-23-7-6-22(2)15(11-23)8-14-4-5-19-17(9-14)25-3/h4-5,9-10,15H,6-8,11-12H2,1-3H3,(H,20,21,24)/t15-/m1/s1. The third-order valence-electron chi connectivity index (χ3n) is 4.56. The molecule has 0 unspecified atom stereocenters. The van der Waals surface area contributed by atoms with Crippen LogP contribution in [-0.4, -0.2) is 65.5 Å². The summed E-state index contributed by atoms with van der Waals surface area (Å²) in [5.41, 5.74) is 1.24. The number of likely N-dealkylation sites (N-methyl/N-ethyl adjacent to an activating group) is 1. The third kappa shape index (κ3) is 5.00. The van der Waals surface area contributed by atoms with Crippen LogP contribution in [0.15, 0.2) is 24.5 Å². The molecule has 0 aromatic carbocycles. The molecule has 3 rings (SSSR count). The molecule has 0 spiro atoms. The van der Waals surface area contributed by atoms with Crippen molar-refractivity contribution < 1.29 is 9.53 Å². The van der Waals surface area contributed by atoms with Crippen molar-refractivity contribution in [3.05, 3.63) is 35.0 Å². The van der Waals surface area contributed by atoms with Gasteiger partial charge in [-0.25, -0.2) is 9.97 Å².